The van der Waals surface area contributed by atoms with Gasteiger partial charge in [0.1, 0.15) is 6.10 Å². The van der Waals surface area contributed by atoms with Crippen LogP contribution in [0.4, 0.5) is 39.5 Å². The Morgan fingerprint density at radius 2 is 1.49 bits per heavy atom. The van der Waals surface area contributed by atoms with Crippen LogP contribution in [0.5, 0.6) is 0 Å². The number of alkyl halides is 9. The van der Waals surface area contributed by atoms with Crippen LogP contribution in [0.25, 0.3) is 0 Å². The molecule has 45 heavy (non-hydrogen) atoms. The Morgan fingerprint density at radius 1 is 0.956 bits per heavy atom. The van der Waals surface area contributed by atoms with Gasteiger partial charge in [0, 0.05) is 37.3 Å². The minimum absolute atomic E-state index is 0.112. The number of aliphatic carboxylic acids is 3. The summed E-state index contributed by atoms with van der Waals surface area (Å²) in [5.41, 5.74) is 2.13. The number of carboxylic acids is 3. The average Bonchev–Trinajstić information content (AvgIpc) is 3.50. The third kappa shape index (κ3) is 14.8. The highest BCUT2D eigenvalue weighted by atomic mass is 32.1. The molecule has 2 fully saturated rings. The lowest BCUT2D eigenvalue weighted by atomic mass is 10.0. The van der Waals surface area contributed by atoms with Crippen molar-refractivity contribution in [2.24, 2.45) is 0 Å². The third-order valence-electron chi connectivity index (χ3n) is 5.51. The van der Waals surface area contributed by atoms with E-state index in [1.54, 1.807) is 11.3 Å². The molecule has 0 radical (unpaired) electrons. The van der Waals surface area contributed by atoms with Gasteiger partial charge in [0.25, 0.3) is 0 Å². The Balaban J connectivity index is 0.000000396. The number of likely N-dealkylation sites (tertiary alicyclic amines) is 1. The van der Waals surface area contributed by atoms with Gasteiger partial charge in [-0.25, -0.2) is 19.4 Å². The number of ether oxygens (including phenoxy) is 2. The molecule has 2 saturated heterocycles. The summed E-state index contributed by atoms with van der Waals surface area (Å²) in [6, 6.07) is 6.53. The zero-order valence-corrected chi connectivity index (χ0v) is 23.7. The first-order chi connectivity index (χ1) is 20.6. The summed E-state index contributed by atoms with van der Waals surface area (Å²) in [5, 5.41) is 24.5. The van der Waals surface area contributed by atoms with Gasteiger partial charge in [0.15, 0.2) is 0 Å². The predicted molar refractivity (Wildman–Crippen MR) is 134 cm³/mol. The molecule has 2 aromatic heterocycles. The Labute approximate surface area is 252 Å². The van der Waals surface area contributed by atoms with Gasteiger partial charge >= 0.3 is 36.4 Å². The van der Waals surface area contributed by atoms with Gasteiger partial charge in [0.2, 0.25) is 0 Å². The normalized spacial score (nSPS) is 19.8. The highest BCUT2D eigenvalue weighted by Crippen LogP contribution is 2.32. The highest BCUT2D eigenvalue weighted by molar-refractivity contribution is 7.09. The van der Waals surface area contributed by atoms with E-state index in [1.807, 2.05) is 25.3 Å². The van der Waals surface area contributed by atoms with Crippen LogP contribution in [0.2, 0.25) is 0 Å². The molecule has 11 nitrogen and oxygen atoms in total. The zero-order chi connectivity index (χ0) is 34.6. The number of pyridine rings is 1. The first-order valence-corrected chi connectivity index (χ1v) is 13.2. The average molecular weight is 688 g/mol. The second-order valence-corrected chi connectivity index (χ2v) is 9.97. The SMILES string of the molecule is Cc1nc(CO[C@@H]2CN(Cc3ccccn3)[C@@H]3CCCO[C@@H]32)cs1.O=C(O)C(F)(F)F.O=C(O)C(F)(F)F.O=C(O)C(F)(F)F. The van der Waals surface area contributed by atoms with Crippen molar-refractivity contribution in [2.45, 2.75) is 69.7 Å². The Kier molecular flexibility index (Phi) is 15.1. The van der Waals surface area contributed by atoms with Crippen molar-refractivity contribution < 1.29 is 78.7 Å². The first-order valence-electron chi connectivity index (χ1n) is 12.3. The van der Waals surface area contributed by atoms with Gasteiger partial charge in [0.05, 0.1) is 29.1 Å². The van der Waals surface area contributed by atoms with Crippen LogP contribution >= 0.6 is 11.3 Å². The number of aryl methyl sites for hydroxylation is 1. The minimum Gasteiger partial charge on any atom is -0.475 e. The highest BCUT2D eigenvalue weighted by Gasteiger charge is 2.45. The van der Waals surface area contributed by atoms with Crippen LogP contribution in [0.3, 0.4) is 0 Å². The molecule has 0 saturated carbocycles. The number of aromatic nitrogens is 2. The second-order valence-electron chi connectivity index (χ2n) is 8.91. The number of carboxylic acid groups (broad SMARTS) is 3. The molecule has 2 aliphatic rings. The van der Waals surface area contributed by atoms with Gasteiger partial charge in [-0.1, -0.05) is 6.07 Å². The lowest BCUT2D eigenvalue weighted by molar-refractivity contribution is -0.193. The fourth-order valence-corrected chi connectivity index (χ4v) is 4.30. The zero-order valence-electron chi connectivity index (χ0n) is 22.9. The van der Waals surface area contributed by atoms with E-state index in [1.165, 1.54) is 6.42 Å². The molecule has 0 aliphatic carbocycles. The number of hydrogen-bond acceptors (Lipinski definition) is 9. The maximum absolute atomic E-state index is 10.6. The largest absolute Gasteiger partial charge is 0.490 e. The molecule has 2 aliphatic heterocycles. The van der Waals surface area contributed by atoms with E-state index in [0.29, 0.717) is 12.6 Å². The first kappa shape index (κ1) is 39.5. The molecule has 4 rings (SSSR count). The van der Waals surface area contributed by atoms with E-state index in [0.717, 1.165) is 42.5 Å². The number of nitrogens with zero attached hydrogens (tertiary/aromatic N) is 3. The van der Waals surface area contributed by atoms with Crippen LogP contribution in [0.1, 0.15) is 29.2 Å². The quantitative estimate of drug-likeness (QED) is 0.374. The molecule has 0 amide bonds. The van der Waals surface area contributed by atoms with Crippen molar-refractivity contribution in [1.82, 2.24) is 14.9 Å². The van der Waals surface area contributed by atoms with E-state index >= 15 is 0 Å². The topological polar surface area (TPSA) is 159 Å². The predicted octanol–water partition coefficient (Wildman–Crippen LogP) is 4.70. The smallest absolute Gasteiger partial charge is 0.475 e. The van der Waals surface area contributed by atoms with E-state index in [-0.39, 0.29) is 12.2 Å². The number of fused-ring (bicyclic) bond motifs is 1. The number of thiazole rings is 1. The van der Waals surface area contributed by atoms with Crippen molar-refractivity contribution in [2.75, 3.05) is 13.2 Å². The molecule has 21 heteroatoms. The number of hydrogen-bond donors (Lipinski definition) is 3. The summed E-state index contributed by atoms with van der Waals surface area (Å²) in [6.07, 6.45) is -10.8. The second kappa shape index (κ2) is 17.2. The molecule has 0 unspecified atom stereocenters. The van der Waals surface area contributed by atoms with Gasteiger partial charge in [-0.2, -0.15) is 39.5 Å². The maximum Gasteiger partial charge on any atom is 0.490 e. The van der Waals surface area contributed by atoms with Crippen molar-refractivity contribution >= 4 is 29.2 Å². The van der Waals surface area contributed by atoms with Crippen molar-refractivity contribution in [1.29, 1.82) is 0 Å². The summed E-state index contributed by atoms with van der Waals surface area (Å²) in [4.78, 5) is 38.1. The molecule has 0 aromatic carbocycles. The monoisotopic (exact) mass is 687 g/mol. The van der Waals surface area contributed by atoms with E-state index in [2.05, 4.69) is 26.3 Å². The molecule has 4 heterocycles. The van der Waals surface area contributed by atoms with Gasteiger partial charge < -0.3 is 24.8 Å². The standard InChI is InChI=1S/C18H23N3O2S.3C2HF3O2/c1-13-20-15(12-24-13)11-23-17-10-21(9-14-5-2-3-7-19-14)16-6-4-8-22-18(16)17;3*3-2(4,5)1(6)7/h2-3,5,7,12,16-18H,4,6,8-11H2,1H3;3*(H,6,7)/t16-,17-,18+;;;/m1.../s1. The molecule has 254 valence electrons. The summed E-state index contributed by atoms with van der Waals surface area (Å²) < 4.78 is 107. The summed E-state index contributed by atoms with van der Waals surface area (Å²) in [5.74, 6) is -8.27. The van der Waals surface area contributed by atoms with Gasteiger partial charge in [-0.05, 0) is 31.9 Å². The molecule has 2 aromatic rings. The van der Waals surface area contributed by atoms with Crippen LogP contribution in [0.15, 0.2) is 29.8 Å². The van der Waals surface area contributed by atoms with Gasteiger partial charge in [-0.3, -0.25) is 9.88 Å². The summed E-state index contributed by atoms with van der Waals surface area (Å²) >= 11 is 1.67. The molecular weight excluding hydrogens is 661 g/mol. The Hall–Kier alpha value is -3.56. The van der Waals surface area contributed by atoms with Crippen LogP contribution in [-0.2, 0) is 37.0 Å². The van der Waals surface area contributed by atoms with E-state index < -0.39 is 36.4 Å². The summed E-state index contributed by atoms with van der Waals surface area (Å²) in [7, 11) is 0. The molecule has 0 spiro atoms. The van der Waals surface area contributed by atoms with Crippen molar-refractivity contribution in [3.63, 3.8) is 0 Å². The van der Waals surface area contributed by atoms with E-state index in [9.17, 15) is 39.5 Å². The van der Waals surface area contributed by atoms with Crippen molar-refractivity contribution in [3.8, 4) is 0 Å². The number of halogens is 9. The fraction of sp³-hybridized carbons (Fsp3) is 0.542. The van der Waals surface area contributed by atoms with Crippen LogP contribution in [-0.4, -0.2) is 98.0 Å². The molecule has 0 bridgehead atoms. The minimum atomic E-state index is -5.08. The third-order valence-corrected chi connectivity index (χ3v) is 6.34. The molecule has 3 atom stereocenters. The van der Waals surface area contributed by atoms with Crippen LogP contribution in [0, 0.1) is 6.92 Å². The Morgan fingerprint density at radius 3 is 1.91 bits per heavy atom. The Bertz CT molecular complexity index is 1170. The lowest BCUT2D eigenvalue weighted by Gasteiger charge is -2.32. The summed E-state index contributed by atoms with van der Waals surface area (Å²) in [6.45, 7) is 5.20. The van der Waals surface area contributed by atoms with E-state index in [4.69, 9.17) is 39.2 Å². The van der Waals surface area contributed by atoms with Crippen LogP contribution < -0.4 is 0 Å². The number of carbonyl (C=O) groups is 3. The maximum atomic E-state index is 10.6. The van der Waals surface area contributed by atoms with Gasteiger partial charge in [-0.15, -0.1) is 11.3 Å². The van der Waals surface area contributed by atoms with Crippen molar-refractivity contribution in [3.05, 3.63) is 46.2 Å². The molecule has 3 N–H and O–H groups in total. The number of rotatable bonds is 5. The molecular formula is C24H26F9N3O8S. The fourth-order valence-electron chi connectivity index (χ4n) is 3.70. The lowest BCUT2D eigenvalue weighted by Crippen LogP contribution is -2.41.